The molecule has 1 saturated carbocycles. The normalized spacial score (nSPS) is 19.1. The third kappa shape index (κ3) is 5.08. The number of carboxylic acid groups (broad SMARTS) is 1. The smallest absolute Gasteiger partial charge is 0.387 e. The van der Waals surface area contributed by atoms with Crippen molar-refractivity contribution < 1.29 is 37.4 Å². The molecule has 9 nitrogen and oxygen atoms in total. The number of hydrogen-bond acceptors (Lipinski definition) is 7. The van der Waals surface area contributed by atoms with Gasteiger partial charge in [-0.1, -0.05) is 0 Å². The first-order valence-electron chi connectivity index (χ1n) is 10.8. The Morgan fingerprint density at radius 3 is 2.70 bits per heavy atom. The van der Waals surface area contributed by atoms with Crippen LogP contribution in [0, 0.1) is 5.92 Å². The molecule has 1 aromatic carbocycles. The minimum absolute atomic E-state index is 0.0385. The van der Waals surface area contributed by atoms with Gasteiger partial charge in [-0.05, 0) is 56.7 Å². The molecule has 0 unspecified atom stereocenters. The van der Waals surface area contributed by atoms with Crippen LogP contribution in [0.25, 0.3) is 11.5 Å². The number of ether oxygens (including phenoxy) is 2. The Hall–Kier alpha value is -3.21. The highest BCUT2D eigenvalue weighted by molar-refractivity contribution is 5.96. The Balaban J connectivity index is 1.66. The Morgan fingerprint density at radius 1 is 1.30 bits per heavy atom. The lowest BCUT2D eigenvalue weighted by Crippen LogP contribution is -2.41. The van der Waals surface area contributed by atoms with Crippen molar-refractivity contribution in [3.8, 4) is 23.0 Å². The molecule has 11 heteroatoms. The van der Waals surface area contributed by atoms with Gasteiger partial charge in [0, 0.05) is 12.1 Å². The first-order valence-corrected chi connectivity index (χ1v) is 10.8. The summed E-state index contributed by atoms with van der Waals surface area (Å²) in [5.74, 6) is -1.14. The lowest BCUT2D eigenvalue weighted by Gasteiger charge is -2.20. The SMILES string of the molecule is C[C@H](N)c1oc(-c2ccc(OC(F)F)c(OCC3CC3)c2)nc1C(=O)N1CCC[C@H]1C(=O)O. The van der Waals surface area contributed by atoms with Gasteiger partial charge in [-0.25, -0.2) is 9.78 Å². The summed E-state index contributed by atoms with van der Waals surface area (Å²) in [5, 5.41) is 9.41. The van der Waals surface area contributed by atoms with Crippen molar-refractivity contribution in [2.75, 3.05) is 13.2 Å². The van der Waals surface area contributed by atoms with E-state index in [2.05, 4.69) is 9.72 Å². The fraction of sp³-hybridized carbons (Fsp3) is 0.500. The molecule has 1 aliphatic carbocycles. The number of alkyl halides is 2. The number of amides is 1. The molecule has 2 aromatic rings. The van der Waals surface area contributed by atoms with Crippen molar-refractivity contribution in [2.24, 2.45) is 11.7 Å². The van der Waals surface area contributed by atoms with Crippen LogP contribution in [0.4, 0.5) is 8.78 Å². The second kappa shape index (κ2) is 9.34. The molecule has 0 spiro atoms. The quantitative estimate of drug-likeness (QED) is 0.576. The fourth-order valence-corrected chi connectivity index (χ4v) is 3.76. The summed E-state index contributed by atoms with van der Waals surface area (Å²) < 4.78 is 41.6. The van der Waals surface area contributed by atoms with Gasteiger partial charge < -0.3 is 29.6 Å². The number of nitrogens with two attached hydrogens (primary N) is 1. The third-order valence-corrected chi connectivity index (χ3v) is 5.65. The average Bonchev–Trinajstić information content (AvgIpc) is 3.26. The summed E-state index contributed by atoms with van der Waals surface area (Å²) in [4.78, 5) is 30.2. The number of carbonyl (C=O) groups is 2. The molecule has 4 rings (SSSR count). The predicted octanol–water partition coefficient (Wildman–Crippen LogP) is 3.44. The highest BCUT2D eigenvalue weighted by Gasteiger charge is 2.37. The number of oxazole rings is 1. The first kappa shape index (κ1) is 23.0. The van der Waals surface area contributed by atoms with E-state index < -0.39 is 30.6 Å². The minimum atomic E-state index is -3.02. The van der Waals surface area contributed by atoms with Crippen LogP contribution >= 0.6 is 0 Å². The number of aromatic nitrogens is 1. The second-order valence-corrected chi connectivity index (χ2v) is 8.31. The molecule has 1 amide bonds. The van der Waals surface area contributed by atoms with Gasteiger partial charge in [-0.3, -0.25) is 4.79 Å². The number of rotatable bonds is 9. The monoisotopic (exact) mass is 465 g/mol. The Bertz CT molecular complexity index is 1040. The average molecular weight is 465 g/mol. The molecule has 2 aliphatic rings. The van der Waals surface area contributed by atoms with Crippen LogP contribution in [0.5, 0.6) is 11.5 Å². The van der Waals surface area contributed by atoms with Crippen LogP contribution in [-0.4, -0.2) is 52.7 Å². The molecule has 2 heterocycles. The summed E-state index contributed by atoms with van der Waals surface area (Å²) in [6.07, 6.45) is 2.95. The Morgan fingerprint density at radius 2 is 2.06 bits per heavy atom. The lowest BCUT2D eigenvalue weighted by molar-refractivity contribution is -0.141. The van der Waals surface area contributed by atoms with E-state index in [1.165, 1.54) is 23.1 Å². The summed E-state index contributed by atoms with van der Waals surface area (Å²) >= 11 is 0. The van der Waals surface area contributed by atoms with Gasteiger partial charge in [0.05, 0.1) is 12.6 Å². The maximum Gasteiger partial charge on any atom is 0.387 e. The maximum absolute atomic E-state index is 13.1. The topological polar surface area (TPSA) is 128 Å². The van der Waals surface area contributed by atoms with Crippen molar-refractivity contribution in [3.05, 3.63) is 29.7 Å². The van der Waals surface area contributed by atoms with Crippen molar-refractivity contribution in [1.29, 1.82) is 0 Å². The number of carboxylic acids is 1. The summed E-state index contributed by atoms with van der Waals surface area (Å²) in [5.41, 5.74) is 6.29. The van der Waals surface area contributed by atoms with E-state index in [1.54, 1.807) is 6.92 Å². The van der Waals surface area contributed by atoms with Crippen LogP contribution in [0.3, 0.4) is 0 Å². The van der Waals surface area contributed by atoms with E-state index in [9.17, 15) is 23.5 Å². The van der Waals surface area contributed by atoms with E-state index in [0.717, 1.165) is 12.8 Å². The molecule has 3 N–H and O–H groups in total. The van der Waals surface area contributed by atoms with Crippen molar-refractivity contribution in [3.63, 3.8) is 0 Å². The van der Waals surface area contributed by atoms with Gasteiger partial charge in [0.25, 0.3) is 5.91 Å². The van der Waals surface area contributed by atoms with E-state index in [0.29, 0.717) is 30.9 Å². The molecule has 1 aliphatic heterocycles. The molecule has 2 fully saturated rings. The van der Waals surface area contributed by atoms with Gasteiger partial charge in [-0.15, -0.1) is 0 Å². The van der Waals surface area contributed by atoms with Crippen LogP contribution in [0.2, 0.25) is 0 Å². The molecular weight excluding hydrogens is 440 g/mol. The predicted molar refractivity (Wildman–Crippen MR) is 111 cm³/mol. The molecule has 1 saturated heterocycles. The molecule has 178 valence electrons. The van der Waals surface area contributed by atoms with Gasteiger partial charge in [0.1, 0.15) is 6.04 Å². The van der Waals surface area contributed by atoms with Crippen molar-refractivity contribution in [1.82, 2.24) is 9.88 Å². The van der Waals surface area contributed by atoms with Crippen LogP contribution in [0.15, 0.2) is 22.6 Å². The largest absolute Gasteiger partial charge is 0.489 e. The fourth-order valence-electron chi connectivity index (χ4n) is 3.76. The second-order valence-electron chi connectivity index (χ2n) is 8.31. The van der Waals surface area contributed by atoms with Crippen molar-refractivity contribution >= 4 is 11.9 Å². The molecule has 2 atom stereocenters. The molecule has 1 aromatic heterocycles. The van der Waals surface area contributed by atoms with Gasteiger partial charge in [-0.2, -0.15) is 8.78 Å². The number of likely N-dealkylation sites (tertiary alicyclic amines) is 1. The van der Waals surface area contributed by atoms with Gasteiger partial charge in [0.2, 0.25) is 5.89 Å². The molecular formula is C22H25F2N3O6. The third-order valence-electron chi connectivity index (χ3n) is 5.65. The van der Waals surface area contributed by atoms with E-state index in [4.69, 9.17) is 14.9 Å². The summed E-state index contributed by atoms with van der Waals surface area (Å²) in [6.45, 7) is -0.745. The molecule has 0 bridgehead atoms. The van der Waals surface area contributed by atoms with Crippen LogP contribution < -0.4 is 15.2 Å². The zero-order valence-corrected chi connectivity index (χ0v) is 18.0. The van der Waals surface area contributed by atoms with E-state index >= 15 is 0 Å². The van der Waals surface area contributed by atoms with Crippen LogP contribution in [0.1, 0.15) is 54.9 Å². The highest BCUT2D eigenvalue weighted by atomic mass is 19.3. The zero-order valence-electron chi connectivity index (χ0n) is 18.0. The van der Waals surface area contributed by atoms with Gasteiger partial charge in [0.15, 0.2) is 23.0 Å². The Kier molecular flexibility index (Phi) is 6.50. The molecule has 0 radical (unpaired) electrons. The minimum Gasteiger partial charge on any atom is -0.489 e. The Labute approximate surface area is 188 Å². The first-order chi connectivity index (χ1) is 15.7. The number of aliphatic carboxylic acids is 1. The summed E-state index contributed by atoms with van der Waals surface area (Å²) in [7, 11) is 0. The number of hydrogen-bond donors (Lipinski definition) is 2. The lowest BCUT2D eigenvalue weighted by atomic mass is 10.2. The highest BCUT2D eigenvalue weighted by Crippen LogP contribution is 2.37. The van der Waals surface area contributed by atoms with E-state index in [1.807, 2.05) is 0 Å². The number of carbonyl (C=O) groups excluding carboxylic acids is 1. The molecule has 33 heavy (non-hydrogen) atoms. The summed E-state index contributed by atoms with van der Waals surface area (Å²) in [6, 6.07) is 2.61. The standard InChI is InChI=1S/C22H25F2N3O6/c1-11(25)18-17(20(28)27-8-2-3-14(27)21(29)30)26-19(33-18)13-6-7-15(32-22(23)24)16(9-13)31-10-12-4-5-12/h6-7,9,11-12,14,22H,2-5,8,10,25H2,1H3,(H,29,30)/t11-,14-/m0/s1. The number of nitrogens with zero attached hydrogens (tertiary/aromatic N) is 2. The number of halogens is 2. The van der Waals surface area contributed by atoms with Gasteiger partial charge >= 0.3 is 12.6 Å². The van der Waals surface area contributed by atoms with Crippen LogP contribution in [-0.2, 0) is 4.79 Å². The zero-order chi connectivity index (χ0) is 23.7. The number of benzene rings is 1. The van der Waals surface area contributed by atoms with Crippen molar-refractivity contribution in [2.45, 2.75) is 51.3 Å². The maximum atomic E-state index is 13.1. The van der Waals surface area contributed by atoms with E-state index in [-0.39, 0.29) is 35.4 Å².